The van der Waals surface area contributed by atoms with Crippen LogP contribution in [0.25, 0.3) is 0 Å². The smallest absolute Gasteiger partial charge is 0.307 e. The summed E-state index contributed by atoms with van der Waals surface area (Å²) in [5.74, 6) is 0.0858. The largest absolute Gasteiger partial charge is 0.481 e. The standard InChI is InChI=1S/C15H20N2O4/c1-20-13-7-6-11(10-16-13)15(19)17-8-4-3-5-12(17)9-14(18)21-2/h6-7,10,12H,3-5,8-9H2,1-2H3. The van der Waals surface area contributed by atoms with Gasteiger partial charge in [0.1, 0.15) is 0 Å². The third-order valence-electron chi connectivity index (χ3n) is 3.71. The molecule has 1 aromatic rings. The second kappa shape index (κ2) is 7.06. The monoisotopic (exact) mass is 292 g/mol. The van der Waals surface area contributed by atoms with E-state index in [0.717, 1.165) is 19.3 Å². The summed E-state index contributed by atoms with van der Waals surface area (Å²) in [6.07, 6.45) is 4.54. The lowest BCUT2D eigenvalue weighted by Crippen LogP contribution is -2.44. The minimum absolute atomic E-state index is 0.0965. The highest BCUT2D eigenvalue weighted by Gasteiger charge is 2.29. The number of pyridine rings is 1. The molecule has 0 bridgehead atoms. The second-order valence-electron chi connectivity index (χ2n) is 5.02. The molecule has 21 heavy (non-hydrogen) atoms. The molecule has 2 rings (SSSR count). The Balaban J connectivity index is 2.11. The summed E-state index contributed by atoms with van der Waals surface area (Å²) in [6.45, 7) is 0.659. The Hall–Kier alpha value is -2.11. The van der Waals surface area contributed by atoms with Gasteiger partial charge in [-0.1, -0.05) is 0 Å². The van der Waals surface area contributed by atoms with Gasteiger partial charge in [-0.15, -0.1) is 0 Å². The number of methoxy groups -OCH3 is 2. The van der Waals surface area contributed by atoms with Crippen LogP contribution in [0.15, 0.2) is 18.3 Å². The van der Waals surface area contributed by atoms with Crippen molar-refractivity contribution in [3.8, 4) is 5.88 Å². The Morgan fingerprint density at radius 3 is 2.76 bits per heavy atom. The number of carbonyl (C=O) groups is 2. The molecule has 0 N–H and O–H groups in total. The fourth-order valence-electron chi connectivity index (χ4n) is 2.55. The van der Waals surface area contributed by atoms with E-state index in [-0.39, 0.29) is 24.3 Å². The van der Waals surface area contributed by atoms with Gasteiger partial charge in [0.25, 0.3) is 5.91 Å². The predicted octanol–water partition coefficient (Wildman–Crippen LogP) is 1.65. The summed E-state index contributed by atoms with van der Waals surface area (Å²) < 4.78 is 9.70. The molecule has 6 heteroatoms. The number of esters is 1. The average Bonchev–Trinajstić information content (AvgIpc) is 2.54. The van der Waals surface area contributed by atoms with Crippen LogP contribution in [0.2, 0.25) is 0 Å². The Morgan fingerprint density at radius 1 is 1.33 bits per heavy atom. The van der Waals surface area contributed by atoms with Gasteiger partial charge >= 0.3 is 5.97 Å². The van der Waals surface area contributed by atoms with Gasteiger partial charge in [-0.3, -0.25) is 9.59 Å². The number of ether oxygens (including phenoxy) is 2. The number of nitrogens with zero attached hydrogens (tertiary/aromatic N) is 2. The van der Waals surface area contributed by atoms with Gasteiger partial charge < -0.3 is 14.4 Å². The zero-order chi connectivity index (χ0) is 15.2. The fourth-order valence-corrected chi connectivity index (χ4v) is 2.55. The van der Waals surface area contributed by atoms with Gasteiger partial charge in [-0.05, 0) is 25.3 Å². The molecule has 0 spiro atoms. The molecule has 2 heterocycles. The number of piperidine rings is 1. The van der Waals surface area contributed by atoms with Crippen LogP contribution in [0.4, 0.5) is 0 Å². The van der Waals surface area contributed by atoms with Crippen molar-refractivity contribution >= 4 is 11.9 Å². The molecular formula is C15H20N2O4. The first-order valence-electron chi connectivity index (χ1n) is 7.03. The molecule has 1 unspecified atom stereocenters. The van der Waals surface area contributed by atoms with Crippen LogP contribution in [0.1, 0.15) is 36.0 Å². The van der Waals surface area contributed by atoms with E-state index in [1.807, 2.05) is 0 Å². The summed E-state index contributed by atoms with van der Waals surface area (Å²) in [7, 11) is 2.89. The molecule has 1 saturated heterocycles. The van der Waals surface area contributed by atoms with Crippen LogP contribution in [0, 0.1) is 0 Å². The normalized spacial score (nSPS) is 18.2. The lowest BCUT2D eigenvalue weighted by Gasteiger charge is -2.35. The van der Waals surface area contributed by atoms with Crippen molar-refractivity contribution < 1.29 is 19.1 Å². The molecule has 114 valence electrons. The molecule has 0 aromatic carbocycles. The zero-order valence-electron chi connectivity index (χ0n) is 12.4. The Morgan fingerprint density at radius 2 is 2.14 bits per heavy atom. The van der Waals surface area contributed by atoms with E-state index in [1.165, 1.54) is 20.4 Å². The predicted molar refractivity (Wildman–Crippen MR) is 76.1 cm³/mol. The van der Waals surface area contributed by atoms with E-state index < -0.39 is 0 Å². The topological polar surface area (TPSA) is 68.7 Å². The van der Waals surface area contributed by atoms with E-state index in [2.05, 4.69) is 4.98 Å². The van der Waals surface area contributed by atoms with Gasteiger partial charge in [-0.25, -0.2) is 4.98 Å². The number of hydrogen-bond donors (Lipinski definition) is 0. The highest BCUT2D eigenvalue weighted by Crippen LogP contribution is 2.22. The molecule has 1 aromatic heterocycles. The summed E-state index contributed by atoms with van der Waals surface area (Å²) in [5, 5.41) is 0. The number of carbonyl (C=O) groups excluding carboxylic acids is 2. The van der Waals surface area contributed by atoms with Crippen LogP contribution < -0.4 is 4.74 Å². The molecule has 0 aliphatic carbocycles. The van der Waals surface area contributed by atoms with Crippen LogP contribution in [-0.4, -0.2) is 48.6 Å². The molecular weight excluding hydrogens is 272 g/mol. The van der Waals surface area contributed by atoms with Gasteiger partial charge in [0.15, 0.2) is 0 Å². The van der Waals surface area contributed by atoms with Crippen molar-refractivity contribution in [3.63, 3.8) is 0 Å². The Labute approximate surface area is 124 Å². The molecule has 1 aliphatic rings. The first kappa shape index (κ1) is 15.3. The maximum atomic E-state index is 12.6. The molecule has 0 saturated carbocycles. The summed E-state index contributed by atoms with van der Waals surface area (Å²) in [5.41, 5.74) is 0.507. The fraction of sp³-hybridized carbons (Fsp3) is 0.533. The van der Waals surface area contributed by atoms with Crippen LogP contribution >= 0.6 is 0 Å². The summed E-state index contributed by atoms with van der Waals surface area (Å²) >= 11 is 0. The Kier molecular flexibility index (Phi) is 5.14. The maximum Gasteiger partial charge on any atom is 0.307 e. The number of amides is 1. The van der Waals surface area contributed by atoms with Crippen molar-refractivity contribution in [1.29, 1.82) is 0 Å². The molecule has 0 radical (unpaired) electrons. The quantitative estimate of drug-likeness (QED) is 0.789. The van der Waals surface area contributed by atoms with E-state index in [1.54, 1.807) is 17.0 Å². The van der Waals surface area contributed by atoms with Gasteiger partial charge in [0.05, 0.1) is 26.2 Å². The number of aromatic nitrogens is 1. The third kappa shape index (κ3) is 3.71. The minimum Gasteiger partial charge on any atom is -0.481 e. The van der Waals surface area contributed by atoms with E-state index >= 15 is 0 Å². The minimum atomic E-state index is -0.285. The first-order chi connectivity index (χ1) is 10.2. The number of rotatable bonds is 4. The van der Waals surface area contributed by atoms with E-state index in [4.69, 9.17) is 9.47 Å². The number of likely N-dealkylation sites (tertiary alicyclic amines) is 1. The SMILES string of the molecule is COC(=O)CC1CCCCN1C(=O)c1ccc(OC)nc1. The highest BCUT2D eigenvalue weighted by atomic mass is 16.5. The summed E-state index contributed by atoms with van der Waals surface area (Å²) in [6, 6.07) is 3.26. The van der Waals surface area contributed by atoms with Crippen LogP contribution in [0.5, 0.6) is 5.88 Å². The van der Waals surface area contributed by atoms with Crippen molar-refractivity contribution in [2.24, 2.45) is 0 Å². The maximum absolute atomic E-state index is 12.6. The number of hydrogen-bond acceptors (Lipinski definition) is 5. The van der Waals surface area contributed by atoms with Crippen molar-refractivity contribution in [2.45, 2.75) is 31.7 Å². The molecule has 1 amide bonds. The Bertz CT molecular complexity index is 501. The molecule has 6 nitrogen and oxygen atoms in total. The van der Waals surface area contributed by atoms with Crippen molar-refractivity contribution in [3.05, 3.63) is 23.9 Å². The zero-order valence-corrected chi connectivity index (χ0v) is 12.4. The van der Waals surface area contributed by atoms with E-state index in [9.17, 15) is 9.59 Å². The van der Waals surface area contributed by atoms with E-state index in [0.29, 0.717) is 18.0 Å². The first-order valence-corrected chi connectivity index (χ1v) is 7.03. The van der Waals surface area contributed by atoms with Crippen molar-refractivity contribution in [1.82, 2.24) is 9.88 Å². The van der Waals surface area contributed by atoms with Gasteiger partial charge in [0.2, 0.25) is 5.88 Å². The third-order valence-corrected chi connectivity index (χ3v) is 3.71. The van der Waals surface area contributed by atoms with Crippen molar-refractivity contribution in [2.75, 3.05) is 20.8 Å². The van der Waals surface area contributed by atoms with Crippen LogP contribution in [-0.2, 0) is 9.53 Å². The van der Waals surface area contributed by atoms with Gasteiger partial charge in [-0.2, -0.15) is 0 Å². The second-order valence-corrected chi connectivity index (χ2v) is 5.02. The highest BCUT2D eigenvalue weighted by molar-refractivity contribution is 5.94. The summed E-state index contributed by atoms with van der Waals surface area (Å²) in [4.78, 5) is 29.9. The molecule has 1 aliphatic heterocycles. The molecule has 1 atom stereocenters. The van der Waals surface area contributed by atoms with Crippen LogP contribution in [0.3, 0.4) is 0 Å². The lowest BCUT2D eigenvalue weighted by molar-refractivity contribution is -0.142. The van der Waals surface area contributed by atoms with Gasteiger partial charge in [0, 0.05) is 24.8 Å². The lowest BCUT2D eigenvalue weighted by atomic mass is 9.98. The average molecular weight is 292 g/mol. The molecule has 1 fully saturated rings.